The lowest BCUT2D eigenvalue weighted by atomic mass is 10.0. The largest absolute Gasteiger partial charge is 0.545 e. The molecular formula is C85H167NO8. The number of quaternary nitrogens is 1. The first-order valence-electron chi connectivity index (χ1n) is 42.7. The molecule has 9 nitrogen and oxygen atoms in total. The van der Waals surface area contributed by atoms with Crippen molar-refractivity contribution in [3.63, 3.8) is 0 Å². The lowest BCUT2D eigenvalue weighted by Crippen LogP contribution is -2.44. The van der Waals surface area contributed by atoms with Crippen LogP contribution >= 0.6 is 0 Å². The zero-order chi connectivity index (χ0) is 68.2. The standard InChI is InChI=1S/C85H167NO8/c1-6-8-10-12-14-16-18-20-22-24-26-28-30-32-34-36-38-40-42-44-46-48-50-52-54-56-58-60-62-64-66-68-70-72-74-76-83(88)94-81(80-93-85(84(89)90)91-78-77-86(3,4)5)79-92-82(87)75-73-71-69-67-65-63-61-59-57-55-53-51-49-47-45-43-41-39-37-35-33-31-29-27-25-23-21-19-17-15-13-11-9-7-2/h81,85H,6-80H2,1-5H3. The summed E-state index contributed by atoms with van der Waals surface area (Å²) in [6, 6.07) is 0. The van der Waals surface area contributed by atoms with Crippen LogP contribution in [0.15, 0.2) is 0 Å². The van der Waals surface area contributed by atoms with E-state index in [0.717, 1.165) is 38.5 Å². The van der Waals surface area contributed by atoms with Gasteiger partial charge in [0.15, 0.2) is 12.4 Å². The van der Waals surface area contributed by atoms with E-state index in [9.17, 15) is 19.5 Å². The minimum atomic E-state index is -1.62. The number of esters is 2. The van der Waals surface area contributed by atoms with Crippen LogP contribution in [-0.4, -0.2) is 82.3 Å². The van der Waals surface area contributed by atoms with Crippen LogP contribution in [0, 0.1) is 0 Å². The quantitative estimate of drug-likeness (QED) is 0.0256. The average molecular weight is 1330 g/mol. The van der Waals surface area contributed by atoms with Crippen LogP contribution in [0.1, 0.15) is 470 Å². The number of unbranched alkanes of at least 4 members (excludes halogenated alkanes) is 67. The lowest BCUT2D eigenvalue weighted by molar-refractivity contribution is -0.870. The van der Waals surface area contributed by atoms with Crippen molar-refractivity contribution in [3.8, 4) is 0 Å². The van der Waals surface area contributed by atoms with Gasteiger partial charge in [0, 0.05) is 12.8 Å². The molecule has 0 fully saturated rings. The molecular weight excluding hydrogens is 1160 g/mol. The number of aliphatic carboxylic acids is 1. The van der Waals surface area contributed by atoms with Crippen molar-refractivity contribution < 1.29 is 42.9 Å². The Bertz CT molecular complexity index is 1500. The van der Waals surface area contributed by atoms with Gasteiger partial charge in [0.25, 0.3) is 0 Å². The number of rotatable bonds is 82. The summed E-state index contributed by atoms with van der Waals surface area (Å²) < 4.78 is 22.9. The molecule has 0 aliphatic carbocycles. The highest BCUT2D eigenvalue weighted by Gasteiger charge is 2.22. The molecule has 2 unspecified atom stereocenters. The van der Waals surface area contributed by atoms with Gasteiger partial charge >= 0.3 is 11.9 Å². The van der Waals surface area contributed by atoms with Crippen LogP contribution < -0.4 is 5.11 Å². The van der Waals surface area contributed by atoms with Crippen molar-refractivity contribution in [1.82, 2.24) is 0 Å². The Morgan fingerprint density at radius 2 is 0.479 bits per heavy atom. The number of hydrogen-bond donors (Lipinski definition) is 0. The molecule has 0 saturated heterocycles. The average Bonchev–Trinajstić information content (AvgIpc) is 3.76. The maximum Gasteiger partial charge on any atom is 0.306 e. The second-order valence-electron chi connectivity index (χ2n) is 30.9. The predicted octanol–water partition coefficient (Wildman–Crippen LogP) is 26.0. The molecule has 94 heavy (non-hydrogen) atoms. The van der Waals surface area contributed by atoms with E-state index >= 15 is 0 Å². The van der Waals surface area contributed by atoms with Gasteiger partial charge in [0.2, 0.25) is 0 Å². The molecule has 560 valence electrons. The fourth-order valence-electron chi connectivity index (χ4n) is 13.6. The van der Waals surface area contributed by atoms with Crippen LogP contribution in [0.4, 0.5) is 0 Å². The highest BCUT2D eigenvalue weighted by atomic mass is 16.7. The van der Waals surface area contributed by atoms with E-state index in [1.165, 1.54) is 405 Å². The third-order valence-electron chi connectivity index (χ3n) is 20.1. The Kier molecular flexibility index (Phi) is 75.6. The molecule has 0 spiro atoms. The molecule has 0 rings (SSSR count). The number of nitrogens with zero attached hydrogens (tertiary/aromatic N) is 1. The summed E-state index contributed by atoms with van der Waals surface area (Å²) in [5.41, 5.74) is 0. The number of carbonyl (C=O) groups is 3. The SMILES string of the molecule is CCCCCCCCCCCCCCCCCCCCCCCCCCCCCCCCCCCCCC(=O)OC(COC(=O)CCCCCCCCCCCCCCCCCCCCCCCCCCCCCCCCCCCC)COC(OCC[N+](C)(C)C)C(=O)[O-]. The second-order valence-corrected chi connectivity index (χ2v) is 30.9. The summed E-state index contributed by atoms with van der Waals surface area (Å²) in [6.07, 6.45) is 92.7. The van der Waals surface area contributed by atoms with Crippen LogP contribution in [-0.2, 0) is 33.3 Å². The van der Waals surface area contributed by atoms with Crippen LogP contribution in [0.5, 0.6) is 0 Å². The monoisotopic (exact) mass is 1330 g/mol. The number of carbonyl (C=O) groups excluding carboxylic acids is 3. The second kappa shape index (κ2) is 77.0. The van der Waals surface area contributed by atoms with Crippen molar-refractivity contribution in [1.29, 1.82) is 0 Å². The third-order valence-corrected chi connectivity index (χ3v) is 20.1. The van der Waals surface area contributed by atoms with Crippen molar-refractivity contribution in [2.24, 2.45) is 0 Å². The first-order chi connectivity index (χ1) is 46.1. The van der Waals surface area contributed by atoms with Gasteiger partial charge in [-0.2, -0.15) is 0 Å². The topological polar surface area (TPSA) is 111 Å². The maximum absolute atomic E-state index is 13.0. The van der Waals surface area contributed by atoms with E-state index < -0.39 is 24.3 Å². The fraction of sp³-hybridized carbons (Fsp3) is 0.965. The van der Waals surface area contributed by atoms with Gasteiger partial charge in [-0.15, -0.1) is 0 Å². The molecule has 0 aromatic carbocycles. The van der Waals surface area contributed by atoms with Crippen molar-refractivity contribution in [2.75, 3.05) is 47.5 Å². The Balaban J connectivity index is 3.91. The molecule has 0 aliphatic heterocycles. The summed E-state index contributed by atoms with van der Waals surface area (Å²) in [5.74, 6) is -2.24. The van der Waals surface area contributed by atoms with E-state index in [1.54, 1.807) is 0 Å². The van der Waals surface area contributed by atoms with Crippen LogP contribution in [0.3, 0.4) is 0 Å². The molecule has 0 heterocycles. The van der Waals surface area contributed by atoms with Gasteiger partial charge in [-0.3, -0.25) is 9.59 Å². The van der Waals surface area contributed by atoms with Gasteiger partial charge in [0.05, 0.1) is 40.3 Å². The predicted molar refractivity (Wildman–Crippen MR) is 404 cm³/mol. The van der Waals surface area contributed by atoms with Crippen LogP contribution in [0.25, 0.3) is 0 Å². The summed E-state index contributed by atoms with van der Waals surface area (Å²) >= 11 is 0. The summed E-state index contributed by atoms with van der Waals surface area (Å²) in [4.78, 5) is 37.6. The van der Waals surface area contributed by atoms with Crippen LogP contribution in [0.2, 0.25) is 0 Å². The number of likely N-dealkylation sites (N-methyl/N-ethyl adjacent to an activating group) is 1. The van der Waals surface area contributed by atoms with Gasteiger partial charge in [0.1, 0.15) is 13.2 Å². The van der Waals surface area contributed by atoms with Crippen molar-refractivity contribution >= 4 is 17.9 Å². The molecule has 0 aromatic rings. The van der Waals surface area contributed by atoms with Crippen molar-refractivity contribution in [2.45, 2.75) is 482 Å². The molecule has 2 atom stereocenters. The zero-order valence-electron chi connectivity index (χ0n) is 64.4. The number of carboxylic acid groups (broad SMARTS) is 1. The molecule has 0 radical (unpaired) electrons. The Hall–Kier alpha value is -1.71. The Morgan fingerprint density at radius 3 is 0.681 bits per heavy atom. The van der Waals surface area contributed by atoms with Gasteiger partial charge in [-0.05, 0) is 12.8 Å². The minimum absolute atomic E-state index is 0.154. The Labute approximate surface area is 587 Å². The molecule has 0 aliphatic rings. The molecule has 9 heteroatoms. The Morgan fingerprint density at radius 1 is 0.277 bits per heavy atom. The minimum Gasteiger partial charge on any atom is -0.545 e. The smallest absolute Gasteiger partial charge is 0.306 e. The highest BCUT2D eigenvalue weighted by molar-refractivity contribution is 5.70. The number of hydrogen-bond acceptors (Lipinski definition) is 8. The number of carboxylic acids is 1. The first-order valence-corrected chi connectivity index (χ1v) is 42.7. The van der Waals surface area contributed by atoms with Gasteiger partial charge in [-0.25, -0.2) is 0 Å². The normalized spacial score (nSPS) is 12.5. The molecule has 0 N–H and O–H groups in total. The van der Waals surface area contributed by atoms with E-state index in [2.05, 4.69) is 13.8 Å². The van der Waals surface area contributed by atoms with E-state index in [1.807, 2.05) is 21.1 Å². The summed E-state index contributed by atoms with van der Waals surface area (Å²) in [7, 11) is 5.96. The lowest BCUT2D eigenvalue weighted by Gasteiger charge is -2.26. The molecule has 0 bridgehead atoms. The maximum atomic E-state index is 13.0. The fourth-order valence-corrected chi connectivity index (χ4v) is 13.6. The third kappa shape index (κ3) is 77.6. The van der Waals surface area contributed by atoms with Gasteiger partial charge in [-0.1, -0.05) is 444 Å². The zero-order valence-corrected chi connectivity index (χ0v) is 64.4. The summed E-state index contributed by atoms with van der Waals surface area (Å²) in [6.45, 7) is 4.86. The van der Waals surface area contributed by atoms with E-state index in [4.69, 9.17) is 18.9 Å². The summed E-state index contributed by atoms with van der Waals surface area (Å²) in [5, 5.41) is 11.9. The number of ether oxygens (including phenoxy) is 4. The van der Waals surface area contributed by atoms with E-state index in [-0.39, 0.29) is 32.2 Å². The highest BCUT2D eigenvalue weighted by Crippen LogP contribution is 2.21. The molecule has 0 amide bonds. The van der Waals surface area contributed by atoms with Gasteiger partial charge < -0.3 is 33.3 Å². The molecule has 0 saturated carbocycles. The van der Waals surface area contributed by atoms with E-state index in [0.29, 0.717) is 17.4 Å². The first kappa shape index (κ1) is 92.3. The molecule has 0 aromatic heterocycles. The van der Waals surface area contributed by atoms with Crippen molar-refractivity contribution in [3.05, 3.63) is 0 Å².